The van der Waals surface area contributed by atoms with Gasteiger partial charge in [0.15, 0.2) is 0 Å². The van der Waals surface area contributed by atoms with E-state index < -0.39 is 28.5 Å². The molecule has 198 valence electrons. The monoisotopic (exact) mass is 517 g/mol. The first-order valence-corrected chi connectivity index (χ1v) is 14.2. The summed E-state index contributed by atoms with van der Waals surface area (Å²) in [6.07, 6.45) is 2.02. The normalized spacial score (nSPS) is 12.2. The van der Waals surface area contributed by atoms with Gasteiger partial charge >= 0.3 is 0 Å². The molecule has 0 spiro atoms. The zero-order valence-corrected chi connectivity index (χ0v) is 22.8. The number of sulfonamides is 1. The Morgan fingerprint density at radius 2 is 1.64 bits per heavy atom. The molecule has 2 rings (SSSR count). The molecular formula is C27H39N3O5S. The van der Waals surface area contributed by atoms with E-state index in [4.69, 9.17) is 4.74 Å². The molecule has 0 heterocycles. The van der Waals surface area contributed by atoms with Crippen molar-refractivity contribution in [3.63, 3.8) is 0 Å². The van der Waals surface area contributed by atoms with Gasteiger partial charge < -0.3 is 15.0 Å². The van der Waals surface area contributed by atoms with Crippen molar-refractivity contribution in [2.45, 2.75) is 46.6 Å². The Balaban J connectivity index is 2.33. The van der Waals surface area contributed by atoms with Crippen LogP contribution in [0.15, 0.2) is 54.6 Å². The Morgan fingerprint density at radius 3 is 2.17 bits per heavy atom. The third-order valence-corrected chi connectivity index (χ3v) is 6.81. The SMILES string of the molecule is CCOc1ccc(N(CC(=O)N(CCc2ccccc2)C(CC)C(=O)NCC(C)C)S(C)(=O)=O)cc1. The van der Waals surface area contributed by atoms with Crippen LogP contribution < -0.4 is 14.4 Å². The van der Waals surface area contributed by atoms with Crippen molar-refractivity contribution in [1.82, 2.24) is 10.2 Å². The van der Waals surface area contributed by atoms with E-state index in [1.165, 1.54) is 4.90 Å². The van der Waals surface area contributed by atoms with Crippen LogP contribution in [0.1, 0.15) is 39.7 Å². The summed E-state index contributed by atoms with van der Waals surface area (Å²) < 4.78 is 31.9. The molecule has 2 aromatic carbocycles. The highest BCUT2D eigenvalue weighted by molar-refractivity contribution is 7.92. The lowest BCUT2D eigenvalue weighted by Gasteiger charge is -2.33. The van der Waals surface area contributed by atoms with E-state index >= 15 is 0 Å². The first-order valence-electron chi connectivity index (χ1n) is 12.4. The van der Waals surface area contributed by atoms with Gasteiger partial charge in [-0.25, -0.2) is 8.42 Å². The van der Waals surface area contributed by atoms with Gasteiger partial charge in [-0.15, -0.1) is 0 Å². The maximum absolute atomic E-state index is 13.6. The molecular weight excluding hydrogens is 478 g/mol. The van der Waals surface area contributed by atoms with E-state index in [0.717, 1.165) is 16.1 Å². The molecule has 1 N–H and O–H groups in total. The Labute approximate surface area is 215 Å². The Morgan fingerprint density at radius 1 is 1.00 bits per heavy atom. The minimum Gasteiger partial charge on any atom is -0.494 e. The van der Waals surface area contributed by atoms with Crippen molar-refractivity contribution in [2.24, 2.45) is 5.92 Å². The number of carbonyl (C=O) groups is 2. The number of anilines is 1. The second-order valence-electron chi connectivity index (χ2n) is 9.08. The van der Waals surface area contributed by atoms with Crippen LogP contribution in [0, 0.1) is 5.92 Å². The number of carbonyl (C=O) groups excluding carboxylic acids is 2. The van der Waals surface area contributed by atoms with E-state index in [9.17, 15) is 18.0 Å². The summed E-state index contributed by atoms with van der Waals surface area (Å²) in [5, 5.41) is 2.92. The summed E-state index contributed by atoms with van der Waals surface area (Å²) in [6, 6.07) is 15.5. The molecule has 8 nitrogen and oxygen atoms in total. The topological polar surface area (TPSA) is 96.0 Å². The predicted molar refractivity (Wildman–Crippen MR) is 144 cm³/mol. The fourth-order valence-corrected chi connectivity index (χ4v) is 4.66. The van der Waals surface area contributed by atoms with Gasteiger partial charge in [0.25, 0.3) is 0 Å². The summed E-state index contributed by atoms with van der Waals surface area (Å²) in [6.45, 7) is 8.58. The molecule has 9 heteroatoms. The van der Waals surface area contributed by atoms with Crippen molar-refractivity contribution in [2.75, 3.05) is 36.8 Å². The average molecular weight is 518 g/mol. The highest BCUT2D eigenvalue weighted by Gasteiger charge is 2.31. The lowest BCUT2D eigenvalue weighted by atomic mass is 10.1. The molecule has 0 saturated heterocycles. The molecule has 2 aromatic rings. The quantitative estimate of drug-likeness (QED) is 0.414. The summed E-state index contributed by atoms with van der Waals surface area (Å²) in [7, 11) is -3.77. The molecule has 0 radical (unpaired) electrons. The molecule has 0 aliphatic rings. The fourth-order valence-electron chi connectivity index (χ4n) is 3.81. The number of ether oxygens (including phenoxy) is 1. The maximum Gasteiger partial charge on any atom is 0.244 e. The van der Waals surface area contributed by atoms with Crippen LogP contribution in [0.4, 0.5) is 5.69 Å². The summed E-state index contributed by atoms with van der Waals surface area (Å²) in [5.74, 6) is 0.204. The van der Waals surface area contributed by atoms with Gasteiger partial charge in [-0.05, 0) is 55.5 Å². The average Bonchev–Trinajstić information content (AvgIpc) is 2.84. The largest absolute Gasteiger partial charge is 0.494 e. The molecule has 0 bridgehead atoms. The summed E-state index contributed by atoms with van der Waals surface area (Å²) >= 11 is 0. The number of hydrogen-bond acceptors (Lipinski definition) is 5. The number of amides is 2. The van der Waals surface area contributed by atoms with Crippen molar-refractivity contribution < 1.29 is 22.7 Å². The Kier molecular flexibility index (Phi) is 11.2. The third kappa shape index (κ3) is 8.86. The molecule has 0 aliphatic heterocycles. The minimum atomic E-state index is -3.77. The Bertz CT molecular complexity index is 1070. The van der Waals surface area contributed by atoms with Gasteiger partial charge in [0, 0.05) is 13.1 Å². The van der Waals surface area contributed by atoms with E-state index in [1.807, 2.05) is 58.0 Å². The number of benzene rings is 2. The molecule has 36 heavy (non-hydrogen) atoms. The second-order valence-corrected chi connectivity index (χ2v) is 11.0. The predicted octanol–water partition coefficient (Wildman–Crippen LogP) is 3.47. The van der Waals surface area contributed by atoms with Crippen LogP contribution in [0.25, 0.3) is 0 Å². The minimum absolute atomic E-state index is 0.236. The van der Waals surface area contributed by atoms with Crippen molar-refractivity contribution >= 4 is 27.5 Å². The van der Waals surface area contributed by atoms with Crippen LogP contribution in [-0.4, -0.2) is 63.7 Å². The highest BCUT2D eigenvalue weighted by Crippen LogP contribution is 2.22. The maximum atomic E-state index is 13.6. The first-order chi connectivity index (χ1) is 17.1. The number of nitrogens with zero attached hydrogens (tertiary/aromatic N) is 2. The van der Waals surface area contributed by atoms with Crippen LogP contribution >= 0.6 is 0 Å². The molecule has 0 aromatic heterocycles. The molecule has 0 saturated carbocycles. The first kappa shape index (κ1) is 29.2. The molecule has 2 amide bonds. The number of rotatable bonds is 14. The lowest BCUT2D eigenvalue weighted by Crippen LogP contribution is -2.53. The Hall–Kier alpha value is -3.07. The third-order valence-electron chi connectivity index (χ3n) is 5.67. The van der Waals surface area contributed by atoms with E-state index in [2.05, 4.69) is 5.32 Å². The summed E-state index contributed by atoms with van der Waals surface area (Å²) in [5.41, 5.74) is 1.38. The van der Waals surface area contributed by atoms with Gasteiger partial charge in [0.05, 0.1) is 18.6 Å². The molecule has 0 fully saturated rings. The smallest absolute Gasteiger partial charge is 0.244 e. The molecule has 0 aliphatic carbocycles. The standard InChI is InChI=1S/C27H39N3O5S/c1-6-25(27(32)28-19-21(3)4)29(18-17-22-11-9-8-10-12-22)26(31)20-30(36(5,33)34)23-13-15-24(16-14-23)35-7-2/h8-16,21,25H,6-7,17-20H2,1-5H3,(H,28,32). The second kappa shape index (κ2) is 13.9. The van der Waals surface area contributed by atoms with Crippen LogP contribution in [0.2, 0.25) is 0 Å². The van der Waals surface area contributed by atoms with Gasteiger partial charge in [0.1, 0.15) is 18.3 Å². The van der Waals surface area contributed by atoms with Gasteiger partial charge in [-0.2, -0.15) is 0 Å². The number of hydrogen-bond donors (Lipinski definition) is 1. The van der Waals surface area contributed by atoms with Crippen molar-refractivity contribution in [1.29, 1.82) is 0 Å². The van der Waals surface area contributed by atoms with Gasteiger partial charge in [-0.3, -0.25) is 13.9 Å². The van der Waals surface area contributed by atoms with Gasteiger partial charge in [-0.1, -0.05) is 51.1 Å². The fraction of sp³-hybridized carbons (Fsp3) is 0.481. The van der Waals surface area contributed by atoms with E-state index in [-0.39, 0.29) is 18.4 Å². The molecule has 1 unspecified atom stereocenters. The summed E-state index contributed by atoms with van der Waals surface area (Å²) in [4.78, 5) is 28.2. The zero-order chi connectivity index (χ0) is 26.7. The molecule has 1 atom stereocenters. The van der Waals surface area contributed by atoms with Crippen molar-refractivity contribution in [3.05, 3.63) is 60.2 Å². The zero-order valence-electron chi connectivity index (χ0n) is 21.9. The van der Waals surface area contributed by atoms with Crippen LogP contribution in [0.5, 0.6) is 5.75 Å². The van der Waals surface area contributed by atoms with E-state index in [1.54, 1.807) is 24.3 Å². The van der Waals surface area contributed by atoms with Crippen LogP contribution in [0.3, 0.4) is 0 Å². The lowest BCUT2D eigenvalue weighted by molar-refractivity contribution is -0.139. The van der Waals surface area contributed by atoms with Crippen molar-refractivity contribution in [3.8, 4) is 5.75 Å². The highest BCUT2D eigenvalue weighted by atomic mass is 32.2. The van der Waals surface area contributed by atoms with E-state index in [0.29, 0.717) is 37.4 Å². The van der Waals surface area contributed by atoms with Gasteiger partial charge in [0.2, 0.25) is 21.8 Å². The number of nitrogens with one attached hydrogen (secondary N) is 1. The van der Waals surface area contributed by atoms with Crippen LogP contribution in [-0.2, 0) is 26.0 Å².